The summed E-state index contributed by atoms with van der Waals surface area (Å²) in [5, 5.41) is 9.71. The molecule has 2 aliphatic heterocycles. The standard InChI is InChI=1S/C18H32N2O3/c1-13(2)12-16(20-9-5-4-6-17(20)22)18(23)19-10-7-15(8-11-19)14(3)21/h13-16,21H,4-12H2,1-3H3. The fourth-order valence-electron chi connectivity index (χ4n) is 3.78. The summed E-state index contributed by atoms with van der Waals surface area (Å²) in [6, 6.07) is -0.300. The van der Waals surface area contributed by atoms with E-state index in [9.17, 15) is 14.7 Å². The number of aliphatic hydroxyl groups excluding tert-OH is 1. The second kappa shape index (κ2) is 8.13. The average molecular weight is 324 g/mol. The number of aliphatic hydroxyl groups is 1. The van der Waals surface area contributed by atoms with Gasteiger partial charge in [0.25, 0.3) is 0 Å². The SMILES string of the molecule is CC(C)CC(C(=O)N1CCC(C(C)O)CC1)N1CCCCC1=O. The van der Waals surface area contributed by atoms with Gasteiger partial charge in [0.05, 0.1) is 6.10 Å². The van der Waals surface area contributed by atoms with Crippen LogP contribution in [0.2, 0.25) is 0 Å². The van der Waals surface area contributed by atoms with E-state index in [-0.39, 0.29) is 24.0 Å². The van der Waals surface area contributed by atoms with Crippen molar-refractivity contribution in [2.75, 3.05) is 19.6 Å². The molecule has 132 valence electrons. The van der Waals surface area contributed by atoms with Crippen LogP contribution in [0.15, 0.2) is 0 Å². The Morgan fingerprint density at radius 1 is 1.17 bits per heavy atom. The molecule has 2 heterocycles. The van der Waals surface area contributed by atoms with E-state index < -0.39 is 0 Å². The van der Waals surface area contributed by atoms with Crippen molar-refractivity contribution in [3.05, 3.63) is 0 Å². The van der Waals surface area contributed by atoms with Crippen LogP contribution in [-0.4, -0.2) is 58.5 Å². The zero-order valence-electron chi connectivity index (χ0n) is 14.8. The average Bonchev–Trinajstić information content (AvgIpc) is 2.52. The minimum Gasteiger partial charge on any atom is -0.393 e. The lowest BCUT2D eigenvalue weighted by atomic mass is 9.91. The van der Waals surface area contributed by atoms with Gasteiger partial charge >= 0.3 is 0 Å². The van der Waals surface area contributed by atoms with Crippen molar-refractivity contribution < 1.29 is 14.7 Å². The van der Waals surface area contributed by atoms with Crippen LogP contribution in [0.4, 0.5) is 0 Å². The molecule has 5 heteroatoms. The molecule has 0 aromatic rings. The smallest absolute Gasteiger partial charge is 0.245 e. The van der Waals surface area contributed by atoms with Gasteiger partial charge in [-0.3, -0.25) is 9.59 Å². The molecule has 5 nitrogen and oxygen atoms in total. The molecule has 0 aromatic heterocycles. The van der Waals surface area contributed by atoms with Gasteiger partial charge in [0.15, 0.2) is 0 Å². The summed E-state index contributed by atoms with van der Waals surface area (Å²) in [5.74, 6) is 0.917. The Morgan fingerprint density at radius 3 is 2.35 bits per heavy atom. The molecule has 2 unspecified atom stereocenters. The Kier molecular flexibility index (Phi) is 6.45. The molecule has 0 bridgehead atoms. The Bertz CT molecular complexity index is 414. The van der Waals surface area contributed by atoms with Crippen LogP contribution in [0.3, 0.4) is 0 Å². The molecule has 2 rings (SSSR count). The van der Waals surface area contributed by atoms with E-state index in [0.29, 0.717) is 37.9 Å². The number of carbonyl (C=O) groups excluding carboxylic acids is 2. The number of hydrogen-bond donors (Lipinski definition) is 1. The first-order valence-corrected chi connectivity index (χ1v) is 9.16. The molecular weight excluding hydrogens is 292 g/mol. The highest BCUT2D eigenvalue weighted by atomic mass is 16.3. The van der Waals surface area contributed by atoms with Crippen LogP contribution >= 0.6 is 0 Å². The number of hydrogen-bond acceptors (Lipinski definition) is 3. The van der Waals surface area contributed by atoms with Crippen molar-refractivity contribution in [3.63, 3.8) is 0 Å². The minimum absolute atomic E-state index is 0.109. The van der Waals surface area contributed by atoms with Gasteiger partial charge in [0.2, 0.25) is 11.8 Å². The topological polar surface area (TPSA) is 60.9 Å². The maximum atomic E-state index is 13.0. The third-order valence-corrected chi connectivity index (χ3v) is 5.25. The predicted octanol–water partition coefficient (Wildman–Crippen LogP) is 2.03. The summed E-state index contributed by atoms with van der Waals surface area (Å²) < 4.78 is 0. The first-order valence-electron chi connectivity index (χ1n) is 9.16. The number of rotatable bonds is 5. The summed E-state index contributed by atoms with van der Waals surface area (Å²) in [4.78, 5) is 29.0. The number of amides is 2. The van der Waals surface area contributed by atoms with E-state index in [2.05, 4.69) is 13.8 Å². The van der Waals surface area contributed by atoms with Gasteiger partial charge in [-0.15, -0.1) is 0 Å². The molecule has 0 aromatic carbocycles. The molecule has 0 aliphatic carbocycles. The minimum atomic E-state index is -0.303. The van der Waals surface area contributed by atoms with Gasteiger partial charge < -0.3 is 14.9 Å². The molecule has 2 fully saturated rings. The third-order valence-electron chi connectivity index (χ3n) is 5.25. The van der Waals surface area contributed by atoms with E-state index >= 15 is 0 Å². The highest BCUT2D eigenvalue weighted by Crippen LogP contribution is 2.25. The predicted molar refractivity (Wildman–Crippen MR) is 89.8 cm³/mol. The molecule has 1 N–H and O–H groups in total. The Labute approximate surface area is 140 Å². The second-order valence-electron chi connectivity index (χ2n) is 7.59. The zero-order chi connectivity index (χ0) is 17.0. The lowest BCUT2D eigenvalue weighted by molar-refractivity contribution is -0.149. The molecule has 0 saturated carbocycles. The maximum Gasteiger partial charge on any atom is 0.245 e. The van der Waals surface area contributed by atoms with Crippen molar-refractivity contribution in [3.8, 4) is 0 Å². The van der Waals surface area contributed by atoms with E-state index in [1.54, 1.807) is 0 Å². The maximum absolute atomic E-state index is 13.0. The van der Waals surface area contributed by atoms with Crippen LogP contribution in [-0.2, 0) is 9.59 Å². The molecule has 2 saturated heterocycles. The summed E-state index contributed by atoms with van der Waals surface area (Å²) in [6.45, 7) is 8.15. The summed E-state index contributed by atoms with van der Waals surface area (Å²) in [5.41, 5.74) is 0. The lowest BCUT2D eigenvalue weighted by Gasteiger charge is -2.40. The van der Waals surface area contributed by atoms with Gasteiger partial charge in [0.1, 0.15) is 6.04 Å². The van der Waals surface area contributed by atoms with E-state index in [1.165, 1.54) is 0 Å². The van der Waals surface area contributed by atoms with Gasteiger partial charge in [-0.2, -0.15) is 0 Å². The molecule has 2 amide bonds. The normalized spacial score (nSPS) is 23.3. The summed E-state index contributed by atoms with van der Waals surface area (Å²) in [7, 11) is 0. The molecule has 2 atom stereocenters. The van der Waals surface area contributed by atoms with Crippen molar-refractivity contribution >= 4 is 11.8 Å². The highest BCUT2D eigenvalue weighted by molar-refractivity contribution is 5.88. The van der Waals surface area contributed by atoms with Gasteiger partial charge in [0, 0.05) is 26.1 Å². The number of carbonyl (C=O) groups is 2. The fourth-order valence-corrected chi connectivity index (χ4v) is 3.78. The first kappa shape index (κ1) is 18.2. The Morgan fingerprint density at radius 2 is 1.83 bits per heavy atom. The van der Waals surface area contributed by atoms with Gasteiger partial charge in [-0.05, 0) is 50.9 Å². The Balaban J connectivity index is 2.03. The number of nitrogens with zero attached hydrogens (tertiary/aromatic N) is 2. The van der Waals surface area contributed by atoms with Crippen molar-refractivity contribution in [2.45, 2.75) is 71.4 Å². The van der Waals surface area contributed by atoms with Crippen LogP contribution in [0.5, 0.6) is 0 Å². The molecule has 0 radical (unpaired) electrons. The number of piperidine rings is 2. The third kappa shape index (κ3) is 4.69. The van der Waals surface area contributed by atoms with Crippen molar-refractivity contribution in [1.82, 2.24) is 9.80 Å². The van der Waals surface area contributed by atoms with Crippen molar-refractivity contribution in [1.29, 1.82) is 0 Å². The van der Waals surface area contributed by atoms with Crippen LogP contribution < -0.4 is 0 Å². The Hall–Kier alpha value is -1.10. The highest BCUT2D eigenvalue weighted by Gasteiger charge is 2.36. The largest absolute Gasteiger partial charge is 0.393 e. The lowest BCUT2D eigenvalue weighted by Crippen LogP contribution is -2.54. The number of likely N-dealkylation sites (tertiary alicyclic amines) is 2. The van der Waals surface area contributed by atoms with Crippen LogP contribution in [0, 0.1) is 11.8 Å². The molecule has 23 heavy (non-hydrogen) atoms. The summed E-state index contributed by atoms with van der Waals surface area (Å²) >= 11 is 0. The molecule has 0 spiro atoms. The monoisotopic (exact) mass is 324 g/mol. The van der Waals surface area contributed by atoms with Crippen molar-refractivity contribution in [2.24, 2.45) is 11.8 Å². The van der Waals surface area contributed by atoms with Gasteiger partial charge in [-0.25, -0.2) is 0 Å². The van der Waals surface area contributed by atoms with E-state index in [4.69, 9.17) is 0 Å². The van der Waals surface area contributed by atoms with Gasteiger partial charge in [-0.1, -0.05) is 13.8 Å². The summed E-state index contributed by atoms with van der Waals surface area (Å²) in [6.07, 6.45) is 4.65. The van der Waals surface area contributed by atoms with E-state index in [0.717, 1.165) is 32.1 Å². The van der Waals surface area contributed by atoms with E-state index in [1.807, 2.05) is 16.7 Å². The van der Waals surface area contributed by atoms with Crippen LogP contribution in [0.1, 0.15) is 59.3 Å². The fraction of sp³-hybridized carbons (Fsp3) is 0.889. The quantitative estimate of drug-likeness (QED) is 0.842. The van der Waals surface area contributed by atoms with Crippen LogP contribution in [0.25, 0.3) is 0 Å². The second-order valence-corrected chi connectivity index (χ2v) is 7.59. The zero-order valence-corrected chi connectivity index (χ0v) is 14.8. The molecular formula is C18H32N2O3. The first-order chi connectivity index (χ1) is 10.9. The molecule has 2 aliphatic rings.